The molecule has 0 unspecified atom stereocenters. The Morgan fingerprint density at radius 2 is 1.86 bits per heavy atom. The maximum atomic E-state index is 13.0. The highest BCUT2D eigenvalue weighted by molar-refractivity contribution is 5.89. The van der Waals surface area contributed by atoms with Gasteiger partial charge < -0.3 is 0 Å². The van der Waals surface area contributed by atoms with Crippen molar-refractivity contribution in [3.05, 3.63) is 41.7 Å². The van der Waals surface area contributed by atoms with Crippen LogP contribution in [-0.4, -0.2) is 38.8 Å². The zero-order chi connectivity index (χ0) is 20.1. The number of hydrazine groups is 1. The van der Waals surface area contributed by atoms with Crippen LogP contribution < -0.4 is 5.43 Å². The molecule has 3 rings (SSSR count). The van der Waals surface area contributed by atoms with Crippen molar-refractivity contribution in [1.82, 2.24) is 25.2 Å². The first kappa shape index (κ1) is 20.1. The molecule has 2 aromatic rings. The van der Waals surface area contributed by atoms with Gasteiger partial charge in [0, 0.05) is 30.9 Å². The van der Waals surface area contributed by atoms with E-state index in [1.165, 1.54) is 36.1 Å². The molecular weight excluding hydrogens is 371 g/mol. The van der Waals surface area contributed by atoms with Crippen molar-refractivity contribution in [1.29, 1.82) is 0 Å². The molecule has 150 valence electrons. The molecule has 1 aliphatic rings. The lowest BCUT2D eigenvalue weighted by molar-refractivity contribution is -0.137. The second-order valence-electron chi connectivity index (χ2n) is 6.83. The molecule has 0 saturated carbocycles. The molecule has 28 heavy (non-hydrogen) atoms. The normalized spacial score (nSPS) is 16.3. The van der Waals surface area contributed by atoms with Gasteiger partial charge in [-0.15, -0.1) is 5.10 Å². The zero-order valence-electron chi connectivity index (χ0n) is 15.5. The average Bonchev–Trinajstić information content (AvgIpc) is 2.96. The number of aromatic nitrogens is 3. The van der Waals surface area contributed by atoms with Gasteiger partial charge in [0.15, 0.2) is 5.82 Å². The van der Waals surface area contributed by atoms with E-state index < -0.39 is 11.7 Å². The van der Waals surface area contributed by atoms with Crippen LogP contribution in [0.3, 0.4) is 0 Å². The zero-order valence-corrected chi connectivity index (χ0v) is 15.5. The van der Waals surface area contributed by atoms with Crippen LogP contribution in [0.2, 0.25) is 0 Å². The van der Waals surface area contributed by atoms with Crippen LogP contribution in [0.5, 0.6) is 0 Å². The smallest absolute Gasteiger partial charge is 0.285 e. The molecule has 1 aromatic carbocycles. The lowest BCUT2D eigenvalue weighted by atomic mass is 10.1. The van der Waals surface area contributed by atoms with E-state index in [-0.39, 0.29) is 17.3 Å². The average molecular weight is 393 g/mol. The van der Waals surface area contributed by atoms with E-state index in [9.17, 15) is 18.0 Å². The van der Waals surface area contributed by atoms with Gasteiger partial charge in [-0.1, -0.05) is 12.8 Å². The third-order valence-corrected chi connectivity index (χ3v) is 4.42. The lowest BCUT2D eigenvalue weighted by Gasteiger charge is -2.19. The Labute approximate surface area is 161 Å². The number of carbonyl (C=O) groups excluding carboxylic acids is 1. The molecule has 2 heterocycles. The van der Waals surface area contributed by atoms with Crippen molar-refractivity contribution in [2.24, 2.45) is 0 Å². The summed E-state index contributed by atoms with van der Waals surface area (Å²) in [6.07, 6.45) is 4.08. The molecule has 1 amide bonds. The summed E-state index contributed by atoms with van der Waals surface area (Å²) >= 11 is 0. The van der Waals surface area contributed by atoms with Gasteiger partial charge in [-0.2, -0.15) is 13.2 Å². The Hall–Kier alpha value is -2.68. The minimum Gasteiger partial charge on any atom is -0.285 e. The van der Waals surface area contributed by atoms with Crippen molar-refractivity contribution in [2.45, 2.75) is 38.8 Å². The third kappa shape index (κ3) is 5.41. The number of hydrogen-bond acceptors (Lipinski definition) is 4. The molecule has 9 heteroatoms. The molecule has 0 aliphatic carbocycles. The number of benzene rings is 1. The second kappa shape index (κ2) is 8.55. The van der Waals surface area contributed by atoms with Crippen LogP contribution in [0.15, 0.2) is 30.6 Å². The maximum Gasteiger partial charge on any atom is 0.416 e. The molecule has 0 spiro atoms. The van der Waals surface area contributed by atoms with E-state index in [1.54, 1.807) is 13.0 Å². The summed E-state index contributed by atoms with van der Waals surface area (Å²) in [5.41, 5.74) is 2.81. The minimum atomic E-state index is -4.44. The molecule has 1 N–H and O–H groups in total. The number of nitrogens with zero attached hydrogens (tertiary/aromatic N) is 4. The van der Waals surface area contributed by atoms with Crippen LogP contribution in [0, 0.1) is 6.92 Å². The highest BCUT2D eigenvalue weighted by Gasteiger charge is 2.31. The number of aryl methyl sites for hydroxylation is 1. The fourth-order valence-electron chi connectivity index (χ4n) is 3.07. The second-order valence-corrected chi connectivity index (χ2v) is 6.83. The SMILES string of the molecule is Cc1cc(-c2ncn(/C=C\C(=O)NN3CCCCCC3)n2)cc(C(F)(F)F)c1. The van der Waals surface area contributed by atoms with Gasteiger partial charge in [0.2, 0.25) is 0 Å². The van der Waals surface area contributed by atoms with Crippen molar-refractivity contribution < 1.29 is 18.0 Å². The van der Waals surface area contributed by atoms with Crippen LogP contribution in [0.25, 0.3) is 17.6 Å². The van der Waals surface area contributed by atoms with Gasteiger partial charge >= 0.3 is 6.18 Å². The standard InChI is InChI=1S/C19H22F3N5O/c1-14-10-15(12-16(11-14)19(20,21)22)18-23-13-27(25-18)9-6-17(28)24-26-7-4-2-3-5-8-26/h6,9-13H,2-5,7-8H2,1H3,(H,24,28)/b9-6-. The molecule has 1 saturated heterocycles. The first-order chi connectivity index (χ1) is 13.3. The van der Waals surface area contributed by atoms with Crippen LogP contribution in [0.4, 0.5) is 13.2 Å². The molecule has 0 bridgehead atoms. The predicted molar refractivity (Wildman–Crippen MR) is 98.7 cm³/mol. The van der Waals surface area contributed by atoms with Gasteiger partial charge in [-0.05, 0) is 43.5 Å². The molecule has 1 fully saturated rings. The van der Waals surface area contributed by atoms with E-state index in [0.29, 0.717) is 5.56 Å². The quantitative estimate of drug-likeness (QED) is 0.806. The summed E-state index contributed by atoms with van der Waals surface area (Å²) in [5, 5.41) is 6.04. The van der Waals surface area contributed by atoms with Crippen molar-refractivity contribution in [3.8, 4) is 11.4 Å². The van der Waals surface area contributed by atoms with Gasteiger partial charge in [0.25, 0.3) is 5.91 Å². The summed E-state index contributed by atoms with van der Waals surface area (Å²) in [6.45, 7) is 3.23. The highest BCUT2D eigenvalue weighted by Crippen LogP contribution is 2.32. The number of amides is 1. The summed E-state index contributed by atoms with van der Waals surface area (Å²) in [6, 6.07) is 3.68. The molecular formula is C19H22F3N5O. The van der Waals surface area contributed by atoms with Crippen molar-refractivity contribution in [2.75, 3.05) is 13.1 Å². The highest BCUT2D eigenvalue weighted by atomic mass is 19.4. The molecule has 6 nitrogen and oxygen atoms in total. The Morgan fingerprint density at radius 3 is 2.54 bits per heavy atom. The molecule has 1 aromatic heterocycles. The van der Waals surface area contributed by atoms with Gasteiger partial charge in [-0.25, -0.2) is 14.7 Å². The maximum absolute atomic E-state index is 13.0. The number of alkyl halides is 3. The van der Waals surface area contributed by atoms with Gasteiger partial charge in [0.05, 0.1) is 5.56 Å². The number of hydrogen-bond donors (Lipinski definition) is 1. The number of halogens is 3. The van der Waals surface area contributed by atoms with E-state index in [0.717, 1.165) is 38.1 Å². The Bertz CT molecular complexity index is 851. The topological polar surface area (TPSA) is 63.1 Å². The number of rotatable bonds is 4. The van der Waals surface area contributed by atoms with E-state index >= 15 is 0 Å². The first-order valence-corrected chi connectivity index (χ1v) is 9.15. The number of carbonyl (C=O) groups is 1. The Morgan fingerprint density at radius 1 is 1.14 bits per heavy atom. The molecule has 1 aliphatic heterocycles. The summed E-state index contributed by atoms with van der Waals surface area (Å²) in [4.78, 5) is 16.1. The van der Waals surface area contributed by atoms with E-state index in [1.807, 2.05) is 5.01 Å². The van der Waals surface area contributed by atoms with Crippen molar-refractivity contribution >= 4 is 12.1 Å². The Balaban J connectivity index is 1.68. The van der Waals surface area contributed by atoms with E-state index in [4.69, 9.17) is 0 Å². The van der Waals surface area contributed by atoms with Gasteiger partial charge in [-0.3, -0.25) is 10.2 Å². The number of nitrogens with one attached hydrogen (secondary N) is 1. The van der Waals surface area contributed by atoms with Gasteiger partial charge in [0.1, 0.15) is 6.33 Å². The first-order valence-electron chi connectivity index (χ1n) is 9.15. The summed E-state index contributed by atoms with van der Waals surface area (Å²) < 4.78 is 40.3. The van der Waals surface area contributed by atoms with Crippen LogP contribution in [-0.2, 0) is 11.0 Å². The predicted octanol–water partition coefficient (Wildman–Crippen LogP) is 3.65. The molecule has 0 atom stereocenters. The fraction of sp³-hybridized carbons (Fsp3) is 0.421. The monoisotopic (exact) mass is 393 g/mol. The van der Waals surface area contributed by atoms with Crippen LogP contribution in [0.1, 0.15) is 36.8 Å². The summed E-state index contributed by atoms with van der Waals surface area (Å²) in [7, 11) is 0. The van der Waals surface area contributed by atoms with E-state index in [2.05, 4.69) is 15.5 Å². The van der Waals surface area contributed by atoms with Crippen LogP contribution >= 0.6 is 0 Å². The summed E-state index contributed by atoms with van der Waals surface area (Å²) in [5.74, 6) is -0.124. The lowest BCUT2D eigenvalue weighted by Crippen LogP contribution is -2.41. The Kier molecular flexibility index (Phi) is 6.13. The third-order valence-electron chi connectivity index (χ3n) is 4.42. The van der Waals surface area contributed by atoms with Crippen molar-refractivity contribution in [3.63, 3.8) is 0 Å². The minimum absolute atomic E-state index is 0.159. The molecule has 0 radical (unpaired) electrons. The largest absolute Gasteiger partial charge is 0.416 e. The fourth-order valence-corrected chi connectivity index (χ4v) is 3.07.